The van der Waals surface area contributed by atoms with Crippen LogP contribution >= 0.6 is 0 Å². The van der Waals surface area contributed by atoms with Crippen LogP contribution in [0.15, 0.2) is 22.8 Å². The number of carboxylic acids is 1. The van der Waals surface area contributed by atoms with Crippen molar-refractivity contribution in [2.24, 2.45) is 5.92 Å². The fourth-order valence-electron chi connectivity index (χ4n) is 1.45. The van der Waals surface area contributed by atoms with E-state index in [0.29, 0.717) is 12.3 Å². The maximum Gasteiger partial charge on any atom is 0.305 e. The third-order valence-electron chi connectivity index (χ3n) is 2.33. The summed E-state index contributed by atoms with van der Waals surface area (Å²) in [6.07, 6.45) is 1.48. The number of aliphatic carboxylic acids is 1. The molecule has 1 rings (SSSR count). The molecule has 1 aromatic rings. The molecule has 0 saturated carbocycles. The maximum atomic E-state index is 11.9. The zero-order chi connectivity index (χ0) is 12.8. The summed E-state index contributed by atoms with van der Waals surface area (Å²) in [7, 11) is 0. The summed E-state index contributed by atoms with van der Waals surface area (Å²) in [5, 5.41) is 8.65. The van der Waals surface area contributed by atoms with Gasteiger partial charge < -0.3 is 14.4 Å². The Kier molecular flexibility index (Phi) is 4.75. The first-order valence-corrected chi connectivity index (χ1v) is 5.53. The molecule has 0 unspecified atom stereocenters. The summed E-state index contributed by atoms with van der Waals surface area (Å²) in [5.41, 5.74) is 0. The third-order valence-corrected chi connectivity index (χ3v) is 2.33. The minimum atomic E-state index is -0.911. The van der Waals surface area contributed by atoms with Gasteiger partial charge in [0.15, 0.2) is 0 Å². The number of carbonyl (C=O) groups excluding carboxylic acids is 1. The SMILES string of the molecule is CC(C)C(=O)N(CCC(=O)O)Cc1ccco1. The van der Waals surface area contributed by atoms with Crippen molar-refractivity contribution in [3.05, 3.63) is 24.2 Å². The highest BCUT2D eigenvalue weighted by Gasteiger charge is 2.19. The Hall–Kier alpha value is -1.78. The highest BCUT2D eigenvalue weighted by Crippen LogP contribution is 2.10. The zero-order valence-corrected chi connectivity index (χ0v) is 10.0. The van der Waals surface area contributed by atoms with E-state index >= 15 is 0 Å². The summed E-state index contributed by atoms with van der Waals surface area (Å²) in [6.45, 7) is 4.10. The van der Waals surface area contributed by atoms with Gasteiger partial charge in [0.25, 0.3) is 0 Å². The van der Waals surface area contributed by atoms with Crippen LogP contribution in [0, 0.1) is 5.92 Å². The van der Waals surface area contributed by atoms with Crippen LogP contribution < -0.4 is 0 Å². The minimum absolute atomic E-state index is 0.0564. The molecular formula is C12H17NO4. The molecule has 0 saturated heterocycles. The van der Waals surface area contributed by atoms with Gasteiger partial charge in [0.05, 0.1) is 19.2 Å². The quantitative estimate of drug-likeness (QED) is 0.820. The van der Waals surface area contributed by atoms with Gasteiger partial charge in [-0.1, -0.05) is 13.8 Å². The monoisotopic (exact) mass is 239 g/mol. The van der Waals surface area contributed by atoms with Crippen LogP contribution in [0.1, 0.15) is 26.0 Å². The van der Waals surface area contributed by atoms with Gasteiger partial charge in [0.1, 0.15) is 5.76 Å². The van der Waals surface area contributed by atoms with E-state index in [1.54, 1.807) is 26.0 Å². The fourth-order valence-corrected chi connectivity index (χ4v) is 1.45. The standard InChI is InChI=1S/C12H17NO4/c1-9(2)12(16)13(6-5-11(14)15)8-10-4-3-7-17-10/h3-4,7,9H,5-6,8H2,1-2H3,(H,14,15). The van der Waals surface area contributed by atoms with Gasteiger partial charge in [-0.2, -0.15) is 0 Å². The number of carbonyl (C=O) groups is 2. The molecule has 1 heterocycles. The van der Waals surface area contributed by atoms with Gasteiger partial charge in [-0.15, -0.1) is 0 Å². The van der Waals surface area contributed by atoms with Crippen molar-refractivity contribution in [3.8, 4) is 0 Å². The molecule has 1 amide bonds. The van der Waals surface area contributed by atoms with E-state index in [9.17, 15) is 9.59 Å². The summed E-state index contributed by atoms with van der Waals surface area (Å²) in [4.78, 5) is 23.9. The normalized spacial score (nSPS) is 10.5. The van der Waals surface area contributed by atoms with E-state index in [2.05, 4.69) is 0 Å². The first kappa shape index (κ1) is 13.3. The first-order chi connectivity index (χ1) is 8.00. The van der Waals surface area contributed by atoms with Gasteiger partial charge in [0, 0.05) is 12.5 Å². The average Bonchev–Trinajstić information content (AvgIpc) is 2.75. The van der Waals surface area contributed by atoms with Crippen LogP contribution in [0.25, 0.3) is 0 Å². The lowest BCUT2D eigenvalue weighted by molar-refractivity contribution is -0.139. The second-order valence-electron chi connectivity index (χ2n) is 4.14. The molecule has 5 heteroatoms. The summed E-state index contributed by atoms with van der Waals surface area (Å²) in [5.74, 6) is -0.475. The Labute approximate surface area is 100 Å². The average molecular weight is 239 g/mol. The maximum absolute atomic E-state index is 11.9. The first-order valence-electron chi connectivity index (χ1n) is 5.53. The minimum Gasteiger partial charge on any atom is -0.481 e. The molecule has 5 nitrogen and oxygen atoms in total. The third kappa shape index (κ3) is 4.30. The van der Waals surface area contributed by atoms with Gasteiger partial charge in [-0.05, 0) is 12.1 Å². The Balaban J connectivity index is 2.64. The summed E-state index contributed by atoms with van der Waals surface area (Å²) >= 11 is 0. The van der Waals surface area contributed by atoms with Crippen LogP contribution in [0.5, 0.6) is 0 Å². The predicted molar refractivity (Wildman–Crippen MR) is 61.2 cm³/mol. The lowest BCUT2D eigenvalue weighted by atomic mass is 10.2. The molecule has 17 heavy (non-hydrogen) atoms. The van der Waals surface area contributed by atoms with Crippen LogP contribution in [-0.4, -0.2) is 28.4 Å². The van der Waals surface area contributed by atoms with Crippen molar-refractivity contribution in [2.75, 3.05) is 6.54 Å². The van der Waals surface area contributed by atoms with E-state index in [-0.39, 0.29) is 24.8 Å². The molecule has 0 aliphatic heterocycles. The molecule has 0 radical (unpaired) electrons. The number of amides is 1. The molecule has 1 N–H and O–H groups in total. The lowest BCUT2D eigenvalue weighted by Crippen LogP contribution is -2.35. The van der Waals surface area contributed by atoms with Crippen molar-refractivity contribution in [3.63, 3.8) is 0 Å². The fraction of sp³-hybridized carbons (Fsp3) is 0.500. The largest absolute Gasteiger partial charge is 0.481 e. The molecule has 0 bridgehead atoms. The van der Waals surface area contributed by atoms with Crippen molar-refractivity contribution in [1.29, 1.82) is 0 Å². The number of nitrogens with zero attached hydrogens (tertiary/aromatic N) is 1. The molecule has 0 atom stereocenters. The van der Waals surface area contributed by atoms with Crippen molar-refractivity contribution in [2.45, 2.75) is 26.8 Å². The van der Waals surface area contributed by atoms with E-state index in [4.69, 9.17) is 9.52 Å². The van der Waals surface area contributed by atoms with E-state index in [1.807, 2.05) is 0 Å². The van der Waals surface area contributed by atoms with Crippen molar-refractivity contribution >= 4 is 11.9 Å². The Morgan fingerprint density at radius 1 is 1.47 bits per heavy atom. The lowest BCUT2D eigenvalue weighted by Gasteiger charge is -2.22. The topological polar surface area (TPSA) is 70.8 Å². The van der Waals surface area contributed by atoms with E-state index < -0.39 is 5.97 Å². The molecule has 0 spiro atoms. The van der Waals surface area contributed by atoms with E-state index in [1.165, 1.54) is 11.2 Å². The Bertz CT molecular complexity index is 370. The van der Waals surface area contributed by atoms with Crippen LogP contribution in [0.3, 0.4) is 0 Å². The molecule has 94 valence electrons. The number of hydrogen-bond acceptors (Lipinski definition) is 3. The molecule has 1 aromatic heterocycles. The summed E-state index contributed by atoms with van der Waals surface area (Å²) in [6, 6.07) is 3.51. The van der Waals surface area contributed by atoms with Crippen LogP contribution in [0.4, 0.5) is 0 Å². The highest BCUT2D eigenvalue weighted by atomic mass is 16.4. The van der Waals surface area contributed by atoms with Crippen molar-refractivity contribution < 1.29 is 19.1 Å². The number of rotatable bonds is 6. The van der Waals surface area contributed by atoms with Crippen molar-refractivity contribution in [1.82, 2.24) is 4.90 Å². The molecule has 0 aromatic carbocycles. The van der Waals surface area contributed by atoms with Gasteiger partial charge in [-0.3, -0.25) is 9.59 Å². The molecule has 0 fully saturated rings. The second kappa shape index (κ2) is 6.08. The van der Waals surface area contributed by atoms with Gasteiger partial charge >= 0.3 is 5.97 Å². The highest BCUT2D eigenvalue weighted by molar-refractivity contribution is 5.78. The van der Waals surface area contributed by atoms with Crippen LogP contribution in [0.2, 0.25) is 0 Å². The molecule has 0 aliphatic rings. The second-order valence-corrected chi connectivity index (χ2v) is 4.14. The molecular weight excluding hydrogens is 222 g/mol. The zero-order valence-electron chi connectivity index (χ0n) is 10.0. The van der Waals surface area contributed by atoms with Gasteiger partial charge in [0.2, 0.25) is 5.91 Å². The van der Waals surface area contributed by atoms with Gasteiger partial charge in [-0.25, -0.2) is 0 Å². The predicted octanol–water partition coefficient (Wildman–Crippen LogP) is 1.74. The number of hydrogen-bond donors (Lipinski definition) is 1. The number of furan rings is 1. The Morgan fingerprint density at radius 3 is 2.65 bits per heavy atom. The van der Waals surface area contributed by atoms with E-state index in [0.717, 1.165) is 0 Å². The summed E-state index contributed by atoms with van der Waals surface area (Å²) < 4.78 is 5.16. The Morgan fingerprint density at radius 2 is 2.18 bits per heavy atom. The molecule has 0 aliphatic carbocycles. The number of carboxylic acid groups (broad SMARTS) is 1. The van der Waals surface area contributed by atoms with Crippen LogP contribution in [-0.2, 0) is 16.1 Å². The smallest absolute Gasteiger partial charge is 0.305 e.